The number of rotatable bonds is 4. The summed E-state index contributed by atoms with van der Waals surface area (Å²) in [5.74, 6) is -1.40. The van der Waals surface area contributed by atoms with E-state index in [2.05, 4.69) is 0 Å². The largest absolute Gasteiger partial charge is 0.416 e. The van der Waals surface area contributed by atoms with Crippen molar-refractivity contribution in [3.8, 4) is 0 Å². The van der Waals surface area contributed by atoms with Gasteiger partial charge in [-0.15, -0.1) is 0 Å². The summed E-state index contributed by atoms with van der Waals surface area (Å²) < 4.78 is 99.3. The predicted molar refractivity (Wildman–Crippen MR) is 110 cm³/mol. The zero-order valence-corrected chi connectivity index (χ0v) is 18.4. The van der Waals surface area contributed by atoms with Crippen LogP contribution in [0, 0.1) is 5.82 Å². The molecule has 5 atom stereocenters. The maximum absolute atomic E-state index is 13.5. The number of hydrogen-bond acceptors (Lipinski definition) is 3. The SMILES string of the molecule is C[C@@H](O[C@H]1CN2C(=O)CC(O)CC2[C@@H]1c1ccc(F)cc1)c1cc(C(F)(F)F)cc(C(F)(F)F)c1. The number of carbonyl (C=O) groups is 1. The molecule has 2 saturated heterocycles. The molecule has 2 fully saturated rings. The van der Waals surface area contributed by atoms with Crippen molar-refractivity contribution in [3.05, 3.63) is 70.5 Å². The van der Waals surface area contributed by atoms with Crippen molar-refractivity contribution in [2.24, 2.45) is 0 Å². The van der Waals surface area contributed by atoms with E-state index in [1.54, 1.807) is 0 Å². The Morgan fingerprint density at radius 3 is 2.11 bits per heavy atom. The van der Waals surface area contributed by atoms with Gasteiger partial charge in [0.1, 0.15) is 5.82 Å². The lowest BCUT2D eigenvalue weighted by molar-refractivity contribution is -0.143. The Kier molecular flexibility index (Phi) is 6.60. The van der Waals surface area contributed by atoms with Crippen molar-refractivity contribution in [1.82, 2.24) is 4.90 Å². The highest BCUT2D eigenvalue weighted by Crippen LogP contribution is 2.43. The lowest BCUT2D eigenvalue weighted by Gasteiger charge is -2.35. The monoisotopic (exact) mass is 505 g/mol. The van der Waals surface area contributed by atoms with Gasteiger partial charge in [-0.05, 0) is 54.8 Å². The highest BCUT2D eigenvalue weighted by Gasteiger charge is 2.49. The van der Waals surface area contributed by atoms with Gasteiger partial charge < -0.3 is 14.7 Å². The van der Waals surface area contributed by atoms with Gasteiger partial charge in [0.05, 0.1) is 35.9 Å². The van der Waals surface area contributed by atoms with E-state index in [1.807, 2.05) is 0 Å². The summed E-state index contributed by atoms with van der Waals surface area (Å²) in [5.41, 5.74) is -2.63. The second-order valence-electron chi connectivity index (χ2n) is 8.94. The first-order valence-electron chi connectivity index (χ1n) is 10.9. The molecule has 1 amide bonds. The number of hydrogen-bond donors (Lipinski definition) is 1. The number of carbonyl (C=O) groups excluding carboxylic acids is 1. The van der Waals surface area contributed by atoms with E-state index in [4.69, 9.17) is 4.74 Å². The smallest absolute Gasteiger partial charge is 0.393 e. The molecule has 2 aliphatic rings. The molecule has 11 heteroatoms. The summed E-state index contributed by atoms with van der Waals surface area (Å²) in [4.78, 5) is 14.0. The molecule has 190 valence electrons. The number of aliphatic hydroxyl groups is 1. The Labute approximate surface area is 196 Å². The van der Waals surface area contributed by atoms with Gasteiger partial charge in [0.25, 0.3) is 0 Å². The van der Waals surface area contributed by atoms with Crippen LogP contribution >= 0.6 is 0 Å². The van der Waals surface area contributed by atoms with Gasteiger partial charge in [-0.25, -0.2) is 4.39 Å². The van der Waals surface area contributed by atoms with E-state index >= 15 is 0 Å². The first-order chi connectivity index (χ1) is 16.2. The molecule has 2 unspecified atom stereocenters. The second kappa shape index (κ2) is 9.09. The standard InChI is InChI=1S/C24H22F7NO3/c1-12(14-6-15(23(26,27)28)8-16(7-14)24(29,30)31)35-20-11-32-19(9-18(33)10-21(32)34)22(20)13-2-4-17(25)5-3-13/h2-8,12,18-20,22,33H,9-11H2,1H3/t12-,18?,19?,20+,22+/m1/s1. The number of benzene rings is 2. The van der Waals surface area contributed by atoms with Gasteiger partial charge in [-0.1, -0.05) is 12.1 Å². The number of alkyl halides is 6. The third kappa shape index (κ3) is 5.30. The van der Waals surface area contributed by atoms with Gasteiger partial charge in [-0.2, -0.15) is 26.3 Å². The number of amides is 1. The summed E-state index contributed by atoms with van der Waals surface area (Å²) >= 11 is 0. The third-order valence-corrected chi connectivity index (χ3v) is 6.55. The Bertz CT molecular complexity index is 1050. The van der Waals surface area contributed by atoms with E-state index < -0.39 is 59.6 Å². The van der Waals surface area contributed by atoms with Gasteiger partial charge in [0, 0.05) is 18.5 Å². The number of nitrogens with zero attached hydrogens (tertiary/aromatic N) is 1. The van der Waals surface area contributed by atoms with Crippen LogP contribution in [0.3, 0.4) is 0 Å². The second-order valence-corrected chi connectivity index (χ2v) is 8.94. The minimum absolute atomic E-state index is 0.0354. The first-order valence-corrected chi connectivity index (χ1v) is 10.9. The van der Waals surface area contributed by atoms with Crippen LogP contribution in [0.4, 0.5) is 30.7 Å². The molecule has 4 nitrogen and oxygen atoms in total. The molecule has 2 heterocycles. The molecule has 0 aliphatic carbocycles. The number of piperidine rings is 1. The molecule has 1 N–H and O–H groups in total. The molecular weight excluding hydrogens is 483 g/mol. The topological polar surface area (TPSA) is 49.8 Å². The maximum atomic E-state index is 13.5. The van der Waals surface area contributed by atoms with Gasteiger partial charge >= 0.3 is 12.4 Å². The average Bonchev–Trinajstić information content (AvgIpc) is 3.11. The zero-order chi connectivity index (χ0) is 25.7. The summed E-state index contributed by atoms with van der Waals surface area (Å²) in [7, 11) is 0. The van der Waals surface area contributed by atoms with Crippen LogP contribution in [0.25, 0.3) is 0 Å². The lowest BCUT2D eigenvalue weighted by atomic mass is 9.85. The molecular formula is C24H22F7NO3. The van der Waals surface area contributed by atoms with Gasteiger partial charge in [0.2, 0.25) is 5.91 Å². The molecule has 35 heavy (non-hydrogen) atoms. The molecule has 0 aromatic heterocycles. The third-order valence-electron chi connectivity index (χ3n) is 6.55. The van der Waals surface area contributed by atoms with Crippen molar-refractivity contribution in [2.75, 3.05) is 6.54 Å². The van der Waals surface area contributed by atoms with Crippen molar-refractivity contribution < 1.29 is 45.4 Å². The molecule has 0 spiro atoms. The number of fused-ring (bicyclic) bond motifs is 1. The van der Waals surface area contributed by atoms with Crippen LogP contribution in [0.15, 0.2) is 42.5 Å². The van der Waals surface area contributed by atoms with Crippen LogP contribution in [0.1, 0.15) is 54.0 Å². The zero-order valence-electron chi connectivity index (χ0n) is 18.4. The van der Waals surface area contributed by atoms with E-state index in [0.717, 1.165) is 0 Å². The number of aliphatic hydroxyl groups excluding tert-OH is 1. The maximum Gasteiger partial charge on any atom is 0.416 e. The summed E-state index contributed by atoms with van der Waals surface area (Å²) in [6.45, 7) is 1.37. The molecule has 2 aromatic carbocycles. The molecule has 0 bridgehead atoms. The predicted octanol–water partition coefficient (Wildman–Crippen LogP) is 5.46. The highest BCUT2D eigenvalue weighted by molar-refractivity contribution is 5.78. The molecule has 2 aromatic rings. The number of halogens is 7. The van der Waals surface area contributed by atoms with Crippen LogP contribution in [-0.4, -0.2) is 40.7 Å². The lowest BCUT2D eigenvalue weighted by Crippen LogP contribution is -2.45. The molecule has 0 radical (unpaired) electrons. The van der Waals surface area contributed by atoms with E-state index in [-0.39, 0.29) is 36.9 Å². The minimum Gasteiger partial charge on any atom is -0.393 e. The van der Waals surface area contributed by atoms with Crippen molar-refractivity contribution in [1.29, 1.82) is 0 Å². The normalized spacial score (nSPS) is 26.1. The van der Waals surface area contributed by atoms with Crippen LogP contribution in [0.5, 0.6) is 0 Å². The summed E-state index contributed by atoms with van der Waals surface area (Å²) in [5, 5.41) is 10.1. The van der Waals surface area contributed by atoms with Crippen LogP contribution in [0.2, 0.25) is 0 Å². The van der Waals surface area contributed by atoms with Crippen LogP contribution < -0.4 is 0 Å². The molecule has 2 aliphatic heterocycles. The summed E-state index contributed by atoms with van der Waals surface area (Å²) in [6.07, 6.45) is -12.8. The first kappa shape index (κ1) is 25.4. The fourth-order valence-corrected chi connectivity index (χ4v) is 4.93. The van der Waals surface area contributed by atoms with Crippen molar-refractivity contribution >= 4 is 5.91 Å². The molecule has 4 rings (SSSR count). The molecule has 0 saturated carbocycles. The fourth-order valence-electron chi connectivity index (χ4n) is 4.93. The van der Waals surface area contributed by atoms with Crippen molar-refractivity contribution in [2.45, 2.75) is 62.4 Å². The van der Waals surface area contributed by atoms with Gasteiger partial charge in [-0.3, -0.25) is 4.79 Å². The summed E-state index contributed by atoms with van der Waals surface area (Å²) in [6, 6.07) is 6.16. The fraction of sp³-hybridized carbons (Fsp3) is 0.458. The minimum atomic E-state index is -5.00. The Hall–Kier alpha value is -2.66. The number of ether oxygens (including phenoxy) is 1. The van der Waals surface area contributed by atoms with E-state index in [9.17, 15) is 40.6 Å². The average molecular weight is 505 g/mol. The Morgan fingerprint density at radius 2 is 1.57 bits per heavy atom. The Balaban J connectivity index is 1.68. The van der Waals surface area contributed by atoms with Crippen molar-refractivity contribution in [3.63, 3.8) is 0 Å². The highest BCUT2D eigenvalue weighted by atomic mass is 19.4. The van der Waals surface area contributed by atoms with Gasteiger partial charge in [0.15, 0.2) is 0 Å². The Morgan fingerprint density at radius 1 is 1.00 bits per heavy atom. The quantitative estimate of drug-likeness (QED) is 0.562. The van der Waals surface area contributed by atoms with E-state index in [1.165, 1.54) is 36.1 Å². The van der Waals surface area contributed by atoms with Crippen LogP contribution in [-0.2, 0) is 21.9 Å². The van der Waals surface area contributed by atoms with E-state index in [0.29, 0.717) is 17.7 Å².